The van der Waals surface area contributed by atoms with Crippen molar-refractivity contribution in [3.63, 3.8) is 0 Å². The zero-order valence-corrected chi connectivity index (χ0v) is 6.29. The van der Waals surface area contributed by atoms with Crippen LogP contribution in [0, 0.1) is 17.4 Å². The SMILES string of the molecule is C[C](C(N)=O)C(=O)N(C)C#N. The van der Waals surface area contributed by atoms with Gasteiger partial charge in [0.25, 0.3) is 5.91 Å². The molecule has 0 rings (SSSR count). The van der Waals surface area contributed by atoms with Crippen LogP contribution in [0.4, 0.5) is 0 Å². The number of nitrogens with two attached hydrogens (primary N) is 1. The molecule has 5 heteroatoms. The first-order chi connectivity index (χ1) is 5.00. The second-order valence-electron chi connectivity index (χ2n) is 1.95. The molecule has 0 aliphatic carbocycles. The lowest BCUT2D eigenvalue weighted by atomic mass is 10.1. The molecule has 2 N–H and O–H groups in total. The van der Waals surface area contributed by atoms with E-state index in [0.717, 1.165) is 4.90 Å². The molecular formula is C6H8N3O2. The lowest BCUT2D eigenvalue weighted by Gasteiger charge is -2.09. The zero-order valence-electron chi connectivity index (χ0n) is 6.29. The van der Waals surface area contributed by atoms with Crippen LogP contribution >= 0.6 is 0 Å². The molecule has 0 fully saturated rings. The molecule has 59 valence electrons. The van der Waals surface area contributed by atoms with Crippen molar-refractivity contribution in [2.45, 2.75) is 6.92 Å². The minimum atomic E-state index is -0.808. The molecule has 0 aliphatic rings. The van der Waals surface area contributed by atoms with Gasteiger partial charge in [0.15, 0.2) is 6.19 Å². The van der Waals surface area contributed by atoms with Crippen LogP contribution in [0.25, 0.3) is 0 Å². The van der Waals surface area contributed by atoms with E-state index in [-0.39, 0.29) is 5.92 Å². The molecule has 0 bridgehead atoms. The summed E-state index contributed by atoms with van der Waals surface area (Å²) in [7, 11) is 1.26. The van der Waals surface area contributed by atoms with E-state index >= 15 is 0 Å². The second-order valence-corrected chi connectivity index (χ2v) is 1.95. The first-order valence-electron chi connectivity index (χ1n) is 2.81. The van der Waals surface area contributed by atoms with E-state index in [4.69, 9.17) is 11.0 Å². The van der Waals surface area contributed by atoms with Gasteiger partial charge < -0.3 is 5.73 Å². The number of hydrogen-bond acceptors (Lipinski definition) is 3. The Labute approximate surface area is 64.4 Å². The Morgan fingerprint density at radius 3 is 2.27 bits per heavy atom. The zero-order chi connectivity index (χ0) is 9.02. The summed E-state index contributed by atoms with van der Waals surface area (Å²) in [6.45, 7) is 1.28. The van der Waals surface area contributed by atoms with Crippen molar-refractivity contribution in [1.29, 1.82) is 5.26 Å². The highest BCUT2D eigenvalue weighted by Gasteiger charge is 2.22. The molecule has 0 aromatic rings. The molecule has 2 amide bonds. The summed E-state index contributed by atoms with van der Waals surface area (Å²) in [6, 6.07) is 0. The van der Waals surface area contributed by atoms with Crippen LogP contribution in [-0.4, -0.2) is 23.8 Å². The number of primary amides is 1. The molecular weight excluding hydrogens is 146 g/mol. The van der Waals surface area contributed by atoms with E-state index in [0.29, 0.717) is 0 Å². The maximum Gasteiger partial charge on any atom is 0.252 e. The van der Waals surface area contributed by atoms with E-state index in [9.17, 15) is 9.59 Å². The number of amides is 2. The van der Waals surface area contributed by atoms with Crippen LogP contribution in [0.2, 0.25) is 0 Å². The van der Waals surface area contributed by atoms with Crippen LogP contribution < -0.4 is 5.73 Å². The van der Waals surface area contributed by atoms with Crippen molar-refractivity contribution >= 4 is 11.8 Å². The molecule has 1 radical (unpaired) electrons. The van der Waals surface area contributed by atoms with E-state index in [1.165, 1.54) is 14.0 Å². The van der Waals surface area contributed by atoms with Crippen LogP contribution in [-0.2, 0) is 9.59 Å². The molecule has 5 nitrogen and oxygen atoms in total. The van der Waals surface area contributed by atoms with E-state index in [1.54, 1.807) is 6.19 Å². The minimum Gasteiger partial charge on any atom is -0.369 e. The fourth-order valence-electron chi connectivity index (χ4n) is 0.402. The largest absolute Gasteiger partial charge is 0.369 e. The lowest BCUT2D eigenvalue weighted by molar-refractivity contribution is -0.129. The Morgan fingerprint density at radius 2 is 2.00 bits per heavy atom. The van der Waals surface area contributed by atoms with Gasteiger partial charge in [0, 0.05) is 7.05 Å². The van der Waals surface area contributed by atoms with E-state index in [1.807, 2.05) is 0 Å². The summed E-state index contributed by atoms with van der Waals surface area (Å²) >= 11 is 0. The van der Waals surface area contributed by atoms with Gasteiger partial charge in [0.05, 0.1) is 0 Å². The number of nitrogens with zero attached hydrogens (tertiary/aromatic N) is 2. The number of carbonyl (C=O) groups excluding carboxylic acids is 2. The standard InChI is InChI=1S/C6H8N3O2/c1-4(5(8)10)6(11)9(2)3-7/h1-2H3,(H2,8,10). The summed E-state index contributed by atoms with van der Waals surface area (Å²) in [6.07, 6.45) is 1.56. The van der Waals surface area contributed by atoms with Crippen molar-refractivity contribution in [1.82, 2.24) is 4.90 Å². The average Bonchev–Trinajstić information content (AvgIpc) is 2.00. The molecule has 0 heterocycles. The smallest absolute Gasteiger partial charge is 0.252 e. The first kappa shape index (κ1) is 9.43. The third kappa shape index (κ3) is 2.26. The fourth-order valence-corrected chi connectivity index (χ4v) is 0.402. The lowest BCUT2D eigenvalue weighted by Crippen LogP contribution is -2.34. The maximum atomic E-state index is 10.9. The Balaban J connectivity index is 4.28. The van der Waals surface area contributed by atoms with Crippen molar-refractivity contribution < 1.29 is 9.59 Å². The van der Waals surface area contributed by atoms with Crippen LogP contribution in [0.1, 0.15) is 6.92 Å². The fraction of sp³-hybridized carbons (Fsp3) is 0.333. The topological polar surface area (TPSA) is 87.2 Å². The van der Waals surface area contributed by atoms with Gasteiger partial charge in [-0.05, 0) is 6.92 Å². The molecule has 0 aromatic heterocycles. The Hall–Kier alpha value is -1.57. The molecule has 0 saturated heterocycles. The summed E-state index contributed by atoms with van der Waals surface area (Å²) in [5, 5.41) is 8.23. The number of carbonyl (C=O) groups is 2. The quantitative estimate of drug-likeness (QED) is 0.314. The minimum absolute atomic E-state index is 0.144. The average molecular weight is 154 g/mol. The van der Waals surface area contributed by atoms with Crippen LogP contribution in [0.5, 0.6) is 0 Å². The predicted octanol–water partition coefficient (Wildman–Crippen LogP) is -0.994. The van der Waals surface area contributed by atoms with Gasteiger partial charge in [-0.1, -0.05) is 0 Å². The van der Waals surface area contributed by atoms with Gasteiger partial charge in [-0.25, -0.2) is 0 Å². The second kappa shape index (κ2) is 3.56. The molecule has 11 heavy (non-hydrogen) atoms. The van der Waals surface area contributed by atoms with Gasteiger partial charge in [-0.3, -0.25) is 14.5 Å². The van der Waals surface area contributed by atoms with Crippen molar-refractivity contribution in [3.8, 4) is 6.19 Å². The van der Waals surface area contributed by atoms with Gasteiger partial charge in [-0.15, -0.1) is 0 Å². The summed E-state index contributed by atoms with van der Waals surface area (Å²) in [5.41, 5.74) is 4.80. The van der Waals surface area contributed by atoms with Crippen LogP contribution in [0.3, 0.4) is 0 Å². The Kier molecular flexibility index (Phi) is 3.05. The summed E-state index contributed by atoms with van der Waals surface area (Å²) in [4.78, 5) is 22.0. The molecule has 0 spiro atoms. The van der Waals surface area contributed by atoms with Gasteiger partial charge in [-0.2, -0.15) is 5.26 Å². The van der Waals surface area contributed by atoms with E-state index < -0.39 is 11.8 Å². The summed E-state index contributed by atoms with van der Waals surface area (Å²) < 4.78 is 0. The molecule has 0 aliphatic heterocycles. The van der Waals surface area contributed by atoms with Gasteiger partial charge in [0.1, 0.15) is 5.92 Å². The normalized spacial score (nSPS) is 8.91. The molecule has 0 unspecified atom stereocenters. The van der Waals surface area contributed by atoms with E-state index in [2.05, 4.69) is 0 Å². The summed E-state index contributed by atoms with van der Waals surface area (Å²) in [5.74, 6) is -1.62. The number of rotatable bonds is 2. The molecule has 0 aromatic carbocycles. The monoisotopic (exact) mass is 154 g/mol. The third-order valence-electron chi connectivity index (χ3n) is 1.15. The maximum absolute atomic E-state index is 10.9. The number of nitriles is 1. The van der Waals surface area contributed by atoms with Crippen molar-refractivity contribution in [2.24, 2.45) is 5.73 Å². The Morgan fingerprint density at radius 1 is 1.55 bits per heavy atom. The highest BCUT2D eigenvalue weighted by Crippen LogP contribution is 2.00. The van der Waals surface area contributed by atoms with Crippen LogP contribution in [0.15, 0.2) is 0 Å². The highest BCUT2D eigenvalue weighted by atomic mass is 16.2. The highest BCUT2D eigenvalue weighted by molar-refractivity contribution is 6.13. The molecule has 0 atom stereocenters. The predicted molar refractivity (Wildman–Crippen MR) is 36.5 cm³/mol. The number of hydrogen-bond donors (Lipinski definition) is 1. The first-order valence-corrected chi connectivity index (χ1v) is 2.81. The van der Waals surface area contributed by atoms with Crippen molar-refractivity contribution in [2.75, 3.05) is 7.05 Å². The molecule has 0 saturated carbocycles. The Bertz CT molecular complexity index is 218. The van der Waals surface area contributed by atoms with Crippen molar-refractivity contribution in [3.05, 3.63) is 5.92 Å². The third-order valence-corrected chi connectivity index (χ3v) is 1.15. The van der Waals surface area contributed by atoms with Gasteiger partial charge >= 0.3 is 0 Å². The van der Waals surface area contributed by atoms with Gasteiger partial charge in [0.2, 0.25) is 5.91 Å².